The molecule has 0 spiro atoms. The Hall–Kier alpha value is -2.93. The molecule has 0 atom stereocenters. The van der Waals surface area contributed by atoms with Gasteiger partial charge in [0.15, 0.2) is 5.16 Å². The largest absolute Gasteiger partial charge is 0.367 e. The van der Waals surface area contributed by atoms with Crippen molar-refractivity contribution in [2.45, 2.75) is 36.9 Å². The van der Waals surface area contributed by atoms with Gasteiger partial charge in [0, 0.05) is 23.7 Å². The summed E-state index contributed by atoms with van der Waals surface area (Å²) in [5.41, 5.74) is 1.97. The summed E-state index contributed by atoms with van der Waals surface area (Å²) >= 11 is 1.62. The summed E-state index contributed by atoms with van der Waals surface area (Å²) in [6.45, 7) is 0.444. The van der Waals surface area contributed by atoms with Crippen LogP contribution < -0.4 is 5.32 Å². The Kier molecular flexibility index (Phi) is 5.12. The van der Waals surface area contributed by atoms with Crippen LogP contribution in [0.2, 0.25) is 0 Å². The van der Waals surface area contributed by atoms with Gasteiger partial charge in [0.05, 0.1) is 16.6 Å². The van der Waals surface area contributed by atoms with Gasteiger partial charge < -0.3 is 5.32 Å². The monoisotopic (exact) mass is 418 g/mol. The lowest BCUT2D eigenvalue weighted by atomic mass is 10.1. The average Bonchev–Trinajstić information content (AvgIpc) is 3.55. The quantitative estimate of drug-likeness (QED) is 0.253. The van der Waals surface area contributed by atoms with Crippen LogP contribution in [0.25, 0.3) is 10.9 Å². The molecule has 2 amide bonds. The molecule has 1 saturated carbocycles. The van der Waals surface area contributed by atoms with Crippen LogP contribution >= 0.6 is 11.8 Å². The third kappa shape index (κ3) is 3.77. The van der Waals surface area contributed by atoms with E-state index < -0.39 is 0 Å². The van der Waals surface area contributed by atoms with Crippen molar-refractivity contribution in [1.29, 1.82) is 0 Å². The highest BCUT2D eigenvalue weighted by Crippen LogP contribution is 2.30. The number of benzene rings is 2. The minimum absolute atomic E-state index is 0.183. The number of anilines is 1. The second kappa shape index (κ2) is 8.07. The van der Waals surface area contributed by atoms with Gasteiger partial charge in [-0.1, -0.05) is 36.0 Å². The first-order valence-corrected chi connectivity index (χ1v) is 11.3. The number of imide groups is 1. The van der Waals surface area contributed by atoms with Crippen molar-refractivity contribution in [3.63, 3.8) is 0 Å². The zero-order valence-corrected chi connectivity index (χ0v) is 17.3. The van der Waals surface area contributed by atoms with Gasteiger partial charge in [0.1, 0.15) is 5.82 Å². The van der Waals surface area contributed by atoms with Gasteiger partial charge in [-0.2, -0.15) is 0 Å². The average molecular weight is 419 g/mol. The van der Waals surface area contributed by atoms with Crippen molar-refractivity contribution >= 4 is 40.3 Å². The van der Waals surface area contributed by atoms with Crippen LogP contribution in [0.1, 0.15) is 46.4 Å². The van der Waals surface area contributed by atoms with E-state index in [0.717, 1.165) is 40.5 Å². The number of nitrogens with zero attached hydrogens (tertiary/aromatic N) is 3. The highest BCUT2D eigenvalue weighted by molar-refractivity contribution is 7.99. The second-order valence-electron chi connectivity index (χ2n) is 7.65. The van der Waals surface area contributed by atoms with Crippen LogP contribution in [0.15, 0.2) is 53.7 Å². The highest BCUT2D eigenvalue weighted by Gasteiger charge is 2.34. The van der Waals surface area contributed by atoms with Crippen molar-refractivity contribution in [2.24, 2.45) is 0 Å². The van der Waals surface area contributed by atoms with E-state index in [1.807, 2.05) is 18.2 Å². The number of rotatable bonds is 8. The number of nitrogens with one attached hydrogen (secondary N) is 1. The Balaban J connectivity index is 1.17. The summed E-state index contributed by atoms with van der Waals surface area (Å²) in [7, 11) is 0. The van der Waals surface area contributed by atoms with E-state index in [1.54, 1.807) is 36.0 Å². The number of fused-ring (bicyclic) bond motifs is 2. The minimum Gasteiger partial charge on any atom is -0.367 e. The number of aromatic nitrogens is 2. The standard InChI is InChI=1S/C23H22N4O2S/c28-21-16-7-1-2-8-17(16)22(29)27(21)13-5-6-14-30-23-25-19-10-4-3-9-18(19)20(26-23)24-15-11-12-15/h1-4,7-10,15H,5-6,11-14H2,(H,24,25,26). The Morgan fingerprint density at radius 3 is 2.37 bits per heavy atom. The molecule has 0 radical (unpaired) electrons. The number of carbonyl (C=O) groups is 2. The molecular formula is C23H22N4O2S. The fraction of sp³-hybridized carbons (Fsp3) is 0.304. The maximum absolute atomic E-state index is 12.4. The topological polar surface area (TPSA) is 75.2 Å². The Morgan fingerprint density at radius 2 is 1.63 bits per heavy atom. The molecule has 1 fully saturated rings. The molecular weight excluding hydrogens is 396 g/mol. The normalized spacial score (nSPS) is 15.7. The van der Waals surface area contributed by atoms with Gasteiger partial charge in [0.25, 0.3) is 11.8 Å². The predicted octanol–water partition coefficient (Wildman–Crippen LogP) is 4.37. The van der Waals surface area contributed by atoms with E-state index in [0.29, 0.717) is 23.7 Å². The van der Waals surface area contributed by atoms with Crippen molar-refractivity contribution in [3.05, 3.63) is 59.7 Å². The lowest BCUT2D eigenvalue weighted by Gasteiger charge is -2.13. The van der Waals surface area contributed by atoms with Gasteiger partial charge in [-0.05, 0) is 49.9 Å². The first-order chi connectivity index (χ1) is 14.7. The molecule has 5 rings (SSSR count). The van der Waals surface area contributed by atoms with E-state index in [1.165, 1.54) is 17.7 Å². The zero-order chi connectivity index (χ0) is 20.5. The summed E-state index contributed by atoms with van der Waals surface area (Å²) in [4.78, 5) is 35.6. The van der Waals surface area contributed by atoms with Gasteiger partial charge >= 0.3 is 0 Å². The summed E-state index contributed by atoms with van der Waals surface area (Å²) in [6.07, 6.45) is 4.02. The summed E-state index contributed by atoms with van der Waals surface area (Å²) in [5, 5.41) is 5.33. The van der Waals surface area contributed by atoms with Crippen LogP contribution in [0.5, 0.6) is 0 Å². The van der Waals surface area contributed by atoms with E-state index >= 15 is 0 Å². The lowest BCUT2D eigenvalue weighted by Crippen LogP contribution is -2.30. The maximum atomic E-state index is 12.4. The number of hydrogen-bond donors (Lipinski definition) is 1. The van der Waals surface area contributed by atoms with Crippen LogP contribution in [0.4, 0.5) is 5.82 Å². The van der Waals surface area contributed by atoms with Crippen molar-refractivity contribution in [3.8, 4) is 0 Å². The Morgan fingerprint density at radius 1 is 0.933 bits per heavy atom. The number of carbonyl (C=O) groups excluding carboxylic acids is 2. The SMILES string of the molecule is O=C1c2ccccc2C(=O)N1CCCCSc1nc(NC2CC2)c2ccccc2n1. The van der Waals surface area contributed by atoms with E-state index in [9.17, 15) is 9.59 Å². The third-order valence-electron chi connectivity index (χ3n) is 5.39. The predicted molar refractivity (Wildman–Crippen MR) is 118 cm³/mol. The van der Waals surface area contributed by atoms with Crippen LogP contribution in [-0.2, 0) is 0 Å². The molecule has 1 aliphatic heterocycles. The molecule has 7 heteroatoms. The molecule has 1 aliphatic carbocycles. The highest BCUT2D eigenvalue weighted by atomic mass is 32.2. The summed E-state index contributed by atoms with van der Waals surface area (Å²) < 4.78 is 0. The van der Waals surface area contributed by atoms with Gasteiger partial charge in [-0.3, -0.25) is 14.5 Å². The molecule has 0 unspecified atom stereocenters. The van der Waals surface area contributed by atoms with Gasteiger partial charge in [0.2, 0.25) is 0 Å². The van der Waals surface area contributed by atoms with E-state index in [2.05, 4.69) is 16.4 Å². The fourth-order valence-electron chi connectivity index (χ4n) is 3.63. The molecule has 6 nitrogen and oxygen atoms in total. The van der Waals surface area contributed by atoms with Crippen LogP contribution in [0, 0.1) is 0 Å². The molecule has 2 aromatic carbocycles. The third-order valence-corrected chi connectivity index (χ3v) is 6.32. The lowest BCUT2D eigenvalue weighted by molar-refractivity contribution is 0.0652. The van der Waals surface area contributed by atoms with Crippen molar-refractivity contribution < 1.29 is 9.59 Å². The van der Waals surface area contributed by atoms with Gasteiger partial charge in [-0.25, -0.2) is 9.97 Å². The number of para-hydroxylation sites is 1. The van der Waals surface area contributed by atoms with Crippen LogP contribution in [-0.4, -0.2) is 45.0 Å². The Bertz CT molecular complexity index is 1090. The molecule has 3 aromatic rings. The smallest absolute Gasteiger partial charge is 0.261 e. The van der Waals surface area contributed by atoms with Crippen molar-refractivity contribution in [1.82, 2.24) is 14.9 Å². The number of amides is 2. The molecule has 30 heavy (non-hydrogen) atoms. The first-order valence-electron chi connectivity index (χ1n) is 10.3. The zero-order valence-electron chi connectivity index (χ0n) is 16.5. The summed E-state index contributed by atoms with van der Waals surface area (Å²) in [5.74, 6) is 1.38. The molecule has 1 N–H and O–H groups in total. The molecule has 152 valence electrons. The number of thioether (sulfide) groups is 1. The maximum Gasteiger partial charge on any atom is 0.261 e. The van der Waals surface area contributed by atoms with Crippen LogP contribution in [0.3, 0.4) is 0 Å². The number of hydrogen-bond acceptors (Lipinski definition) is 6. The molecule has 0 bridgehead atoms. The molecule has 2 heterocycles. The molecule has 2 aliphatic rings. The Labute approximate surface area is 179 Å². The van der Waals surface area contributed by atoms with E-state index in [-0.39, 0.29) is 11.8 Å². The van der Waals surface area contributed by atoms with Gasteiger partial charge in [-0.15, -0.1) is 0 Å². The minimum atomic E-state index is -0.183. The second-order valence-corrected chi connectivity index (χ2v) is 8.72. The van der Waals surface area contributed by atoms with E-state index in [4.69, 9.17) is 4.98 Å². The summed E-state index contributed by atoms with van der Waals surface area (Å²) in [6, 6.07) is 15.6. The van der Waals surface area contributed by atoms with Crippen molar-refractivity contribution in [2.75, 3.05) is 17.6 Å². The first kappa shape index (κ1) is 19.1. The number of unbranched alkanes of at least 4 members (excludes halogenated alkanes) is 1. The molecule has 1 aromatic heterocycles. The fourth-order valence-corrected chi connectivity index (χ4v) is 4.48. The molecule has 0 saturated heterocycles.